The molecule has 15 heavy (non-hydrogen) atoms. The van der Waals surface area contributed by atoms with E-state index in [1.807, 2.05) is 0 Å². The van der Waals surface area contributed by atoms with Crippen molar-refractivity contribution >= 4 is 17.1 Å². The monoisotopic (exact) mass is 213 g/mol. The lowest BCUT2D eigenvalue weighted by Gasteiger charge is -2.02. The van der Waals surface area contributed by atoms with Gasteiger partial charge in [0.2, 0.25) is 5.75 Å². The van der Waals surface area contributed by atoms with Gasteiger partial charge in [0, 0.05) is 6.07 Å². The molecule has 0 saturated carbocycles. The first kappa shape index (κ1) is 10.7. The van der Waals surface area contributed by atoms with Crippen molar-refractivity contribution < 1.29 is 14.6 Å². The van der Waals surface area contributed by atoms with Gasteiger partial charge < -0.3 is 10.5 Å². The Bertz CT molecular complexity index is 431. The van der Waals surface area contributed by atoms with Crippen molar-refractivity contribution in [2.45, 2.75) is 0 Å². The smallest absolute Gasteiger partial charge is 0.313 e. The van der Waals surface area contributed by atoms with Crippen molar-refractivity contribution in [3.05, 3.63) is 32.4 Å². The number of methoxy groups -OCH3 is 1. The van der Waals surface area contributed by atoms with Gasteiger partial charge in [-0.05, 0) is 0 Å². The number of ether oxygens (including phenoxy) is 1. The van der Waals surface area contributed by atoms with Crippen LogP contribution in [0.3, 0.4) is 0 Å². The van der Waals surface area contributed by atoms with Crippen molar-refractivity contribution in [2.75, 3.05) is 12.8 Å². The Balaban J connectivity index is 3.42. The number of benzene rings is 1. The Morgan fingerprint density at radius 3 is 2.13 bits per heavy atom. The summed E-state index contributed by atoms with van der Waals surface area (Å²) in [6.07, 6.45) is 0. The number of nitrogen functional groups attached to an aromatic ring is 1. The molecule has 0 aliphatic carbocycles. The lowest BCUT2D eigenvalue weighted by atomic mass is 10.2. The molecule has 0 aromatic heterocycles. The molecule has 0 aliphatic rings. The van der Waals surface area contributed by atoms with Crippen LogP contribution < -0.4 is 10.5 Å². The minimum absolute atomic E-state index is 0.194. The highest BCUT2D eigenvalue weighted by Gasteiger charge is 2.22. The van der Waals surface area contributed by atoms with Crippen LogP contribution in [0, 0.1) is 20.2 Å². The predicted molar refractivity (Wildman–Crippen MR) is 50.7 cm³/mol. The van der Waals surface area contributed by atoms with Gasteiger partial charge in [0.05, 0.1) is 23.0 Å². The Labute approximate surface area is 83.6 Å². The standard InChI is InChI=1S/C7H7N3O5/c1-15-7-3-5(9(11)12)4(8)2-6(7)10(13)14/h2-3H,8H2,1H3. The van der Waals surface area contributed by atoms with Crippen LogP contribution >= 0.6 is 0 Å². The maximum Gasteiger partial charge on any atom is 0.313 e. The zero-order valence-electron chi connectivity index (χ0n) is 7.67. The SMILES string of the molecule is COc1cc([N+](=O)[O-])c(N)cc1[N+](=O)[O-]. The molecule has 0 unspecified atom stereocenters. The number of hydrogen-bond donors (Lipinski definition) is 1. The van der Waals surface area contributed by atoms with Crippen LogP contribution in [0.5, 0.6) is 5.75 Å². The van der Waals surface area contributed by atoms with Crippen LogP contribution in [0.4, 0.5) is 17.1 Å². The minimum Gasteiger partial charge on any atom is -0.490 e. The molecule has 8 nitrogen and oxygen atoms in total. The van der Waals surface area contributed by atoms with Crippen molar-refractivity contribution in [3.63, 3.8) is 0 Å². The number of hydrogen-bond acceptors (Lipinski definition) is 6. The summed E-state index contributed by atoms with van der Waals surface area (Å²) in [6, 6.07) is 1.82. The third-order valence-corrected chi connectivity index (χ3v) is 1.72. The summed E-state index contributed by atoms with van der Waals surface area (Å²) in [6.45, 7) is 0. The molecule has 0 spiro atoms. The predicted octanol–water partition coefficient (Wildman–Crippen LogP) is 1.09. The molecule has 0 aliphatic heterocycles. The molecule has 0 saturated heterocycles. The first-order valence-corrected chi connectivity index (χ1v) is 3.73. The van der Waals surface area contributed by atoms with Gasteiger partial charge in [-0.25, -0.2) is 0 Å². The molecule has 1 aromatic rings. The van der Waals surface area contributed by atoms with E-state index in [-0.39, 0.29) is 11.4 Å². The average molecular weight is 213 g/mol. The summed E-state index contributed by atoms with van der Waals surface area (Å²) in [5, 5.41) is 21.0. The Morgan fingerprint density at radius 1 is 1.20 bits per heavy atom. The molecular weight excluding hydrogens is 206 g/mol. The van der Waals surface area contributed by atoms with Crippen LogP contribution in [0.25, 0.3) is 0 Å². The number of nitrogens with two attached hydrogens (primary N) is 1. The van der Waals surface area contributed by atoms with Gasteiger partial charge >= 0.3 is 5.69 Å². The summed E-state index contributed by atoms with van der Waals surface area (Å²) < 4.78 is 4.65. The fourth-order valence-corrected chi connectivity index (χ4v) is 1.04. The number of nitrogens with zero attached hydrogens (tertiary/aromatic N) is 2. The molecule has 2 N–H and O–H groups in total. The summed E-state index contributed by atoms with van der Waals surface area (Å²) >= 11 is 0. The highest BCUT2D eigenvalue weighted by Crippen LogP contribution is 2.35. The molecule has 0 bridgehead atoms. The Morgan fingerprint density at radius 2 is 1.73 bits per heavy atom. The van der Waals surface area contributed by atoms with E-state index in [0.717, 1.165) is 12.1 Å². The molecule has 1 rings (SSSR count). The highest BCUT2D eigenvalue weighted by molar-refractivity contribution is 5.68. The van der Waals surface area contributed by atoms with E-state index in [1.54, 1.807) is 0 Å². The van der Waals surface area contributed by atoms with E-state index in [2.05, 4.69) is 4.74 Å². The topological polar surface area (TPSA) is 122 Å². The third-order valence-electron chi connectivity index (χ3n) is 1.72. The van der Waals surface area contributed by atoms with Crippen molar-refractivity contribution in [3.8, 4) is 5.75 Å². The Hall–Kier alpha value is -2.38. The molecule has 0 atom stereocenters. The number of rotatable bonds is 3. The lowest BCUT2D eigenvalue weighted by Crippen LogP contribution is -2.00. The zero-order valence-corrected chi connectivity index (χ0v) is 7.67. The van der Waals surface area contributed by atoms with Crippen molar-refractivity contribution in [1.29, 1.82) is 0 Å². The van der Waals surface area contributed by atoms with Gasteiger partial charge in [0.1, 0.15) is 5.69 Å². The van der Waals surface area contributed by atoms with Crippen LogP contribution in [-0.2, 0) is 0 Å². The largest absolute Gasteiger partial charge is 0.490 e. The number of nitro benzene ring substituents is 2. The van der Waals surface area contributed by atoms with E-state index >= 15 is 0 Å². The minimum atomic E-state index is -0.735. The maximum atomic E-state index is 10.5. The fraction of sp³-hybridized carbons (Fsp3) is 0.143. The van der Waals surface area contributed by atoms with E-state index < -0.39 is 21.2 Å². The van der Waals surface area contributed by atoms with Crippen molar-refractivity contribution in [2.24, 2.45) is 0 Å². The summed E-state index contributed by atoms with van der Waals surface area (Å²) in [5.74, 6) is -0.194. The van der Waals surface area contributed by atoms with E-state index in [4.69, 9.17) is 5.73 Å². The van der Waals surface area contributed by atoms with Gasteiger partial charge in [0.25, 0.3) is 5.69 Å². The molecular formula is C7H7N3O5. The van der Waals surface area contributed by atoms with E-state index in [1.165, 1.54) is 7.11 Å². The van der Waals surface area contributed by atoms with Crippen LogP contribution in [0.15, 0.2) is 12.1 Å². The zero-order chi connectivity index (χ0) is 11.6. The third kappa shape index (κ3) is 1.93. The second kappa shape index (κ2) is 3.78. The van der Waals surface area contributed by atoms with Gasteiger partial charge in [-0.3, -0.25) is 20.2 Å². The number of nitro groups is 2. The van der Waals surface area contributed by atoms with Crippen LogP contribution in [-0.4, -0.2) is 17.0 Å². The van der Waals surface area contributed by atoms with Gasteiger partial charge in [0.15, 0.2) is 0 Å². The molecule has 8 heteroatoms. The van der Waals surface area contributed by atoms with Crippen LogP contribution in [0.2, 0.25) is 0 Å². The maximum absolute atomic E-state index is 10.5. The van der Waals surface area contributed by atoms with Crippen LogP contribution in [0.1, 0.15) is 0 Å². The van der Waals surface area contributed by atoms with E-state index in [0.29, 0.717) is 0 Å². The molecule has 80 valence electrons. The second-order valence-corrected chi connectivity index (χ2v) is 2.60. The lowest BCUT2D eigenvalue weighted by molar-refractivity contribution is -0.389. The first-order valence-electron chi connectivity index (χ1n) is 3.73. The molecule has 0 amide bonds. The van der Waals surface area contributed by atoms with Gasteiger partial charge in [-0.2, -0.15) is 0 Å². The molecule has 1 aromatic carbocycles. The van der Waals surface area contributed by atoms with E-state index in [9.17, 15) is 20.2 Å². The van der Waals surface area contributed by atoms with Crippen molar-refractivity contribution in [1.82, 2.24) is 0 Å². The first-order chi connectivity index (χ1) is 6.97. The normalized spacial score (nSPS) is 9.67. The molecule has 0 fully saturated rings. The second-order valence-electron chi connectivity index (χ2n) is 2.60. The van der Waals surface area contributed by atoms with Gasteiger partial charge in [-0.1, -0.05) is 0 Å². The molecule has 0 heterocycles. The number of anilines is 1. The summed E-state index contributed by atoms with van der Waals surface area (Å²) in [7, 11) is 1.18. The Kier molecular flexibility index (Phi) is 2.70. The average Bonchev–Trinajstić information content (AvgIpc) is 2.16. The van der Waals surface area contributed by atoms with Gasteiger partial charge in [-0.15, -0.1) is 0 Å². The summed E-state index contributed by atoms with van der Waals surface area (Å²) in [4.78, 5) is 19.5. The summed E-state index contributed by atoms with van der Waals surface area (Å²) in [5.41, 5.74) is 4.19. The fourth-order valence-electron chi connectivity index (χ4n) is 1.04. The molecule has 0 radical (unpaired) electrons. The highest BCUT2D eigenvalue weighted by atomic mass is 16.6. The quantitative estimate of drug-likeness (QED) is 0.455.